The number of thiophene rings is 2. The van der Waals surface area contributed by atoms with Crippen LogP contribution in [0.1, 0.15) is 103 Å². The third-order valence-electron chi connectivity index (χ3n) is 12.2. The Morgan fingerprint density at radius 2 is 0.783 bits per heavy atom. The van der Waals surface area contributed by atoms with Crippen LogP contribution in [0.25, 0.3) is 75.0 Å². The van der Waals surface area contributed by atoms with Crippen LogP contribution in [0.3, 0.4) is 0 Å². The molecule has 4 aromatic carbocycles. The second-order valence-corrected chi connectivity index (χ2v) is 19.3. The molecule has 0 bridgehead atoms. The maximum absolute atomic E-state index is 15.6. The molecule has 10 heteroatoms. The van der Waals surface area contributed by atoms with Gasteiger partial charge in [0.25, 0.3) is 0 Å². The Kier molecular flexibility index (Phi) is 13.9. The van der Waals surface area contributed by atoms with Crippen molar-refractivity contribution in [3.63, 3.8) is 0 Å². The molecule has 0 aliphatic heterocycles. The van der Waals surface area contributed by atoms with Crippen molar-refractivity contribution in [3.05, 3.63) is 108 Å². The highest BCUT2D eigenvalue weighted by atomic mass is 32.1. The molecule has 0 N–H and O–H groups in total. The summed E-state index contributed by atoms with van der Waals surface area (Å²) in [6.07, 6.45) is 13.8. The lowest BCUT2D eigenvalue weighted by molar-refractivity contribution is 0.421. The van der Waals surface area contributed by atoms with Crippen LogP contribution in [-0.2, 0) is 12.8 Å². The minimum atomic E-state index is -0.170. The third kappa shape index (κ3) is 9.18. The van der Waals surface area contributed by atoms with E-state index in [4.69, 9.17) is 17.5 Å². The van der Waals surface area contributed by atoms with E-state index >= 15 is 8.78 Å². The molecule has 0 radical (unpaired) electrons. The molecule has 0 aliphatic carbocycles. The first-order chi connectivity index (χ1) is 29.4. The lowest BCUT2D eigenvalue weighted by atomic mass is 9.92. The van der Waals surface area contributed by atoms with Crippen molar-refractivity contribution < 1.29 is 8.78 Å². The molecule has 0 saturated heterocycles. The fourth-order valence-electron chi connectivity index (χ4n) is 8.48. The van der Waals surface area contributed by atoms with Gasteiger partial charge >= 0.3 is 0 Å². The van der Waals surface area contributed by atoms with Crippen LogP contribution in [-0.4, -0.2) is 17.5 Å². The van der Waals surface area contributed by atoms with Crippen LogP contribution >= 0.6 is 46.1 Å². The van der Waals surface area contributed by atoms with Crippen LogP contribution in [0.5, 0.6) is 0 Å². The minimum Gasteiger partial charge on any atom is -0.206 e. The Morgan fingerprint density at radius 3 is 1.15 bits per heavy atom. The summed E-state index contributed by atoms with van der Waals surface area (Å²) in [5.41, 5.74) is 10.5. The van der Waals surface area contributed by atoms with Crippen molar-refractivity contribution in [2.75, 3.05) is 0 Å². The molecular formula is C50H52F2N4S4. The molecular weight excluding hydrogens is 823 g/mol. The summed E-state index contributed by atoms with van der Waals surface area (Å²) in [5, 5.41) is 0. The van der Waals surface area contributed by atoms with Gasteiger partial charge in [-0.1, -0.05) is 128 Å². The fraction of sp³-hybridized carbons (Fsp3) is 0.360. The number of aromatic nitrogens is 4. The van der Waals surface area contributed by atoms with Crippen LogP contribution < -0.4 is 0 Å². The molecule has 4 heterocycles. The molecule has 0 aliphatic rings. The summed E-state index contributed by atoms with van der Waals surface area (Å²) in [6, 6.07) is 28.0. The summed E-state index contributed by atoms with van der Waals surface area (Å²) in [7, 11) is 0. The van der Waals surface area contributed by atoms with Gasteiger partial charge in [-0.3, -0.25) is 0 Å². The molecule has 60 heavy (non-hydrogen) atoms. The summed E-state index contributed by atoms with van der Waals surface area (Å²) in [5.74, 6) is 1.06. The number of unbranched alkanes of at least 4 members (excludes halogenated alkanes) is 2. The average Bonchev–Trinajstić information content (AvgIpc) is 4.11. The number of hydrogen-bond acceptors (Lipinski definition) is 8. The molecule has 0 saturated carbocycles. The predicted molar refractivity (Wildman–Crippen MR) is 254 cm³/mol. The Labute approximate surface area is 369 Å². The van der Waals surface area contributed by atoms with Crippen molar-refractivity contribution in [2.45, 2.75) is 105 Å². The van der Waals surface area contributed by atoms with E-state index in [2.05, 4.69) is 76.2 Å². The van der Waals surface area contributed by atoms with E-state index in [-0.39, 0.29) is 11.6 Å². The maximum Gasteiger partial charge on any atom is 0.132 e. The standard InChI is InChI=1S/C50H52F2N4S4/c1-5-9-11-31(7-3)13-15-33-17-19-37(41(51)29-33)43-25-27-45(57-43)39-23-21-35(47-49(39)55-59-53-47)36-22-24-40(50-48(36)54-60-56-50)46-28-26-44(58-46)38-20-18-34(30-42(38)52)16-14-32(8-4)12-10-6-2/h17-32H,5-16H2,1-4H3. The number of fused-ring (bicyclic) bond motifs is 2. The highest BCUT2D eigenvalue weighted by Crippen LogP contribution is 2.44. The molecule has 2 atom stereocenters. The van der Waals surface area contributed by atoms with Crippen LogP contribution in [0, 0.1) is 23.5 Å². The fourth-order valence-corrected chi connectivity index (χ4v) is 11.7. The minimum absolute atomic E-state index is 0.170. The molecule has 0 spiro atoms. The monoisotopic (exact) mass is 874 g/mol. The quantitative estimate of drug-likeness (QED) is 0.0812. The third-order valence-corrected chi connectivity index (χ3v) is 15.6. The number of rotatable bonds is 19. The zero-order valence-corrected chi connectivity index (χ0v) is 38.2. The highest BCUT2D eigenvalue weighted by Gasteiger charge is 2.21. The van der Waals surface area contributed by atoms with Gasteiger partial charge in [0.1, 0.15) is 33.7 Å². The summed E-state index contributed by atoms with van der Waals surface area (Å²) < 4.78 is 50.3. The van der Waals surface area contributed by atoms with Crippen molar-refractivity contribution in [1.82, 2.24) is 17.5 Å². The summed E-state index contributed by atoms with van der Waals surface area (Å²) in [6.45, 7) is 9.01. The Hall–Kier alpha value is -4.22. The van der Waals surface area contributed by atoms with Gasteiger partial charge in [0.05, 0.1) is 23.5 Å². The molecule has 4 aromatic heterocycles. The Morgan fingerprint density at radius 1 is 0.433 bits per heavy atom. The van der Waals surface area contributed by atoms with Gasteiger partial charge in [0.15, 0.2) is 0 Å². The SMILES string of the molecule is CCCCC(CC)CCc1ccc(-c2ccc(-c3ccc(-c4ccc(-c5ccc(-c6ccc(CCC(CC)CCCC)cc6F)s5)c5nsnc45)c4nsnc34)s2)c(F)c1. The number of benzene rings is 4. The van der Waals surface area contributed by atoms with Crippen LogP contribution in [0.2, 0.25) is 0 Å². The molecule has 0 fully saturated rings. The van der Waals surface area contributed by atoms with E-state index in [0.717, 1.165) is 101 Å². The van der Waals surface area contributed by atoms with Crippen LogP contribution in [0.4, 0.5) is 8.78 Å². The van der Waals surface area contributed by atoms with Crippen molar-refractivity contribution >= 4 is 68.2 Å². The zero-order chi connectivity index (χ0) is 41.6. The first-order valence-electron chi connectivity index (χ1n) is 21.7. The van der Waals surface area contributed by atoms with Gasteiger partial charge in [-0.15, -0.1) is 22.7 Å². The van der Waals surface area contributed by atoms with E-state index in [0.29, 0.717) is 23.0 Å². The average molecular weight is 875 g/mol. The first-order valence-corrected chi connectivity index (χ1v) is 24.8. The van der Waals surface area contributed by atoms with Gasteiger partial charge in [-0.2, -0.15) is 17.5 Å². The number of halogens is 2. The largest absolute Gasteiger partial charge is 0.206 e. The van der Waals surface area contributed by atoms with Gasteiger partial charge in [-0.25, -0.2) is 8.78 Å². The highest BCUT2D eigenvalue weighted by molar-refractivity contribution is 7.19. The molecule has 2 unspecified atom stereocenters. The van der Waals surface area contributed by atoms with Gasteiger partial charge < -0.3 is 0 Å². The lowest BCUT2D eigenvalue weighted by Gasteiger charge is -2.14. The van der Waals surface area contributed by atoms with Crippen molar-refractivity contribution in [1.29, 1.82) is 0 Å². The molecule has 0 amide bonds. The number of nitrogens with zero attached hydrogens (tertiary/aromatic N) is 4. The smallest absolute Gasteiger partial charge is 0.132 e. The van der Waals surface area contributed by atoms with E-state index in [1.165, 1.54) is 74.8 Å². The van der Waals surface area contributed by atoms with Crippen LogP contribution in [0.15, 0.2) is 84.9 Å². The number of hydrogen-bond donors (Lipinski definition) is 0. The molecule has 8 rings (SSSR count). The van der Waals surface area contributed by atoms with E-state index in [1.807, 2.05) is 24.3 Å². The molecule has 310 valence electrons. The van der Waals surface area contributed by atoms with Crippen molar-refractivity contribution in [3.8, 4) is 52.9 Å². The van der Waals surface area contributed by atoms with E-state index in [9.17, 15) is 0 Å². The lowest BCUT2D eigenvalue weighted by Crippen LogP contribution is -2.01. The Bertz CT molecular complexity index is 2510. The number of aryl methyl sites for hydroxylation is 2. The second-order valence-electron chi connectivity index (χ2n) is 16.1. The van der Waals surface area contributed by atoms with Gasteiger partial charge in [-0.05, 0) is 85.0 Å². The summed E-state index contributed by atoms with van der Waals surface area (Å²) >= 11 is 5.53. The second kappa shape index (κ2) is 19.7. The molecule has 8 aromatic rings. The first kappa shape index (κ1) is 42.5. The Balaban J connectivity index is 1.01. The van der Waals surface area contributed by atoms with E-state index in [1.54, 1.807) is 34.8 Å². The van der Waals surface area contributed by atoms with Crippen molar-refractivity contribution in [2.24, 2.45) is 11.8 Å². The van der Waals surface area contributed by atoms with Gasteiger partial charge in [0.2, 0.25) is 0 Å². The topological polar surface area (TPSA) is 51.6 Å². The predicted octanol–water partition coefficient (Wildman–Crippen LogP) is 16.7. The van der Waals surface area contributed by atoms with Gasteiger partial charge in [0, 0.05) is 52.9 Å². The maximum atomic E-state index is 15.6. The molecule has 4 nitrogen and oxygen atoms in total. The zero-order valence-electron chi connectivity index (χ0n) is 34.9. The normalized spacial score (nSPS) is 12.8. The van der Waals surface area contributed by atoms with E-state index < -0.39 is 0 Å². The summed E-state index contributed by atoms with van der Waals surface area (Å²) in [4.78, 5) is 3.82.